The van der Waals surface area contributed by atoms with Crippen molar-refractivity contribution in [3.63, 3.8) is 0 Å². The van der Waals surface area contributed by atoms with E-state index in [1.54, 1.807) is 6.92 Å². The van der Waals surface area contributed by atoms with Crippen LogP contribution in [0.15, 0.2) is 48.5 Å². The summed E-state index contributed by atoms with van der Waals surface area (Å²) in [6.07, 6.45) is 2.15. The molecule has 4 nitrogen and oxygen atoms in total. The molecule has 0 saturated carbocycles. The van der Waals surface area contributed by atoms with Gasteiger partial charge in [0, 0.05) is 18.0 Å². The number of amides is 1. The largest absolute Gasteiger partial charge is 0.493 e. The SMILES string of the molecule is CC(NCc1ccc2c(c1)OCC2CCc1ccccc1)C(N)=O. The summed E-state index contributed by atoms with van der Waals surface area (Å²) in [6.45, 7) is 3.12. The highest BCUT2D eigenvalue weighted by molar-refractivity contribution is 5.79. The molecule has 126 valence electrons. The van der Waals surface area contributed by atoms with Crippen molar-refractivity contribution in [2.45, 2.75) is 38.3 Å². The number of aryl methyl sites for hydroxylation is 1. The summed E-state index contributed by atoms with van der Waals surface area (Å²) >= 11 is 0. The number of ether oxygens (including phenoxy) is 1. The van der Waals surface area contributed by atoms with Crippen LogP contribution in [0.3, 0.4) is 0 Å². The number of nitrogens with one attached hydrogen (secondary N) is 1. The van der Waals surface area contributed by atoms with Crippen molar-refractivity contribution in [1.29, 1.82) is 0 Å². The molecule has 0 spiro atoms. The lowest BCUT2D eigenvalue weighted by atomic mass is 9.93. The molecule has 2 unspecified atom stereocenters. The van der Waals surface area contributed by atoms with Crippen molar-refractivity contribution >= 4 is 5.91 Å². The highest BCUT2D eigenvalue weighted by atomic mass is 16.5. The van der Waals surface area contributed by atoms with Crippen LogP contribution in [0.4, 0.5) is 0 Å². The van der Waals surface area contributed by atoms with Gasteiger partial charge in [-0.3, -0.25) is 4.79 Å². The van der Waals surface area contributed by atoms with E-state index in [4.69, 9.17) is 10.5 Å². The molecule has 0 saturated heterocycles. The van der Waals surface area contributed by atoms with E-state index in [1.807, 2.05) is 6.07 Å². The topological polar surface area (TPSA) is 64.3 Å². The third-order valence-electron chi connectivity index (χ3n) is 4.62. The first-order valence-corrected chi connectivity index (χ1v) is 8.45. The Labute approximate surface area is 143 Å². The summed E-state index contributed by atoms with van der Waals surface area (Å²) in [5.41, 5.74) is 9.02. The average Bonchev–Trinajstić information content (AvgIpc) is 3.01. The van der Waals surface area contributed by atoms with Crippen LogP contribution in [-0.4, -0.2) is 18.6 Å². The molecule has 1 amide bonds. The maximum Gasteiger partial charge on any atom is 0.234 e. The van der Waals surface area contributed by atoms with Gasteiger partial charge >= 0.3 is 0 Å². The molecule has 0 aliphatic carbocycles. The lowest BCUT2D eigenvalue weighted by Gasteiger charge is -2.11. The Hall–Kier alpha value is -2.33. The van der Waals surface area contributed by atoms with Crippen LogP contribution in [0.2, 0.25) is 0 Å². The maximum atomic E-state index is 11.1. The highest BCUT2D eigenvalue weighted by Gasteiger charge is 2.24. The predicted octanol–water partition coefficient (Wildman–Crippen LogP) is 2.76. The number of primary amides is 1. The summed E-state index contributed by atoms with van der Waals surface area (Å²) < 4.78 is 5.88. The second-order valence-corrected chi connectivity index (χ2v) is 6.41. The number of carbonyl (C=O) groups excluding carboxylic acids is 1. The van der Waals surface area contributed by atoms with Gasteiger partial charge in [0.1, 0.15) is 5.75 Å². The first kappa shape index (κ1) is 16.5. The lowest BCUT2D eigenvalue weighted by molar-refractivity contribution is -0.119. The zero-order chi connectivity index (χ0) is 16.9. The van der Waals surface area contributed by atoms with Crippen molar-refractivity contribution in [3.05, 3.63) is 65.2 Å². The van der Waals surface area contributed by atoms with Crippen molar-refractivity contribution < 1.29 is 9.53 Å². The molecule has 2 aromatic rings. The summed E-state index contributed by atoms with van der Waals surface area (Å²) in [4.78, 5) is 11.1. The molecule has 0 radical (unpaired) electrons. The maximum absolute atomic E-state index is 11.1. The van der Waals surface area contributed by atoms with Crippen LogP contribution in [0.1, 0.15) is 36.0 Å². The zero-order valence-electron chi connectivity index (χ0n) is 14.0. The molecule has 2 atom stereocenters. The highest BCUT2D eigenvalue weighted by Crippen LogP contribution is 2.37. The fourth-order valence-corrected chi connectivity index (χ4v) is 3.03. The molecule has 0 aromatic heterocycles. The van der Waals surface area contributed by atoms with Crippen LogP contribution in [0.25, 0.3) is 0 Å². The number of rotatable bonds is 7. The second-order valence-electron chi connectivity index (χ2n) is 6.41. The fraction of sp³-hybridized carbons (Fsp3) is 0.350. The van der Waals surface area contributed by atoms with E-state index in [1.165, 1.54) is 11.1 Å². The molecular weight excluding hydrogens is 300 g/mol. The third kappa shape index (κ3) is 3.95. The molecule has 0 bridgehead atoms. The van der Waals surface area contributed by atoms with Crippen LogP contribution in [0, 0.1) is 0 Å². The van der Waals surface area contributed by atoms with Crippen molar-refractivity contribution in [2.75, 3.05) is 6.61 Å². The van der Waals surface area contributed by atoms with Gasteiger partial charge in [0.05, 0.1) is 12.6 Å². The van der Waals surface area contributed by atoms with E-state index >= 15 is 0 Å². The van der Waals surface area contributed by atoms with E-state index in [-0.39, 0.29) is 11.9 Å². The minimum Gasteiger partial charge on any atom is -0.493 e. The summed E-state index contributed by atoms with van der Waals surface area (Å²) in [6, 6.07) is 16.6. The Morgan fingerprint density at radius 1 is 1.25 bits per heavy atom. The van der Waals surface area contributed by atoms with Gasteiger partial charge in [-0.1, -0.05) is 42.5 Å². The molecule has 3 N–H and O–H groups in total. The summed E-state index contributed by atoms with van der Waals surface area (Å²) in [5.74, 6) is 1.08. The van der Waals surface area contributed by atoms with E-state index in [2.05, 4.69) is 47.8 Å². The van der Waals surface area contributed by atoms with E-state index in [9.17, 15) is 4.79 Å². The minimum atomic E-state index is -0.339. The molecule has 3 rings (SSSR count). The molecule has 1 aliphatic rings. The average molecular weight is 324 g/mol. The van der Waals surface area contributed by atoms with Crippen molar-refractivity contribution in [2.24, 2.45) is 5.73 Å². The van der Waals surface area contributed by atoms with Crippen molar-refractivity contribution in [3.8, 4) is 5.75 Å². The van der Waals surface area contributed by atoms with Gasteiger partial charge in [-0.2, -0.15) is 0 Å². The van der Waals surface area contributed by atoms with Gasteiger partial charge in [0.2, 0.25) is 5.91 Å². The molecular formula is C20H24N2O2. The summed E-state index contributed by atoms with van der Waals surface area (Å²) in [7, 11) is 0. The Kier molecular flexibility index (Phi) is 5.16. The smallest absolute Gasteiger partial charge is 0.234 e. The molecule has 4 heteroatoms. The van der Waals surface area contributed by atoms with Gasteiger partial charge in [-0.15, -0.1) is 0 Å². The van der Waals surface area contributed by atoms with E-state index in [0.717, 1.165) is 30.8 Å². The fourth-order valence-electron chi connectivity index (χ4n) is 3.03. The Balaban J connectivity index is 1.59. The first-order chi connectivity index (χ1) is 11.6. The number of fused-ring (bicyclic) bond motifs is 1. The lowest BCUT2D eigenvalue weighted by Crippen LogP contribution is -2.38. The number of hydrogen-bond acceptors (Lipinski definition) is 3. The van der Waals surface area contributed by atoms with Crippen LogP contribution in [-0.2, 0) is 17.8 Å². The molecule has 1 heterocycles. The van der Waals surface area contributed by atoms with Crippen LogP contribution >= 0.6 is 0 Å². The van der Waals surface area contributed by atoms with E-state index in [0.29, 0.717) is 12.5 Å². The van der Waals surface area contributed by atoms with Gasteiger partial charge < -0.3 is 15.8 Å². The number of hydrogen-bond donors (Lipinski definition) is 2. The standard InChI is InChI=1S/C20H24N2O2/c1-14(20(21)23)22-12-16-8-10-18-17(13-24-19(18)11-16)9-7-15-5-3-2-4-6-15/h2-6,8,10-11,14,17,22H,7,9,12-13H2,1H3,(H2,21,23). The normalized spacial score (nSPS) is 17.1. The third-order valence-corrected chi connectivity index (χ3v) is 4.62. The number of carbonyl (C=O) groups is 1. The van der Waals surface area contributed by atoms with Gasteiger partial charge in [0.15, 0.2) is 0 Å². The van der Waals surface area contributed by atoms with E-state index < -0.39 is 0 Å². The molecule has 0 fully saturated rings. The Morgan fingerprint density at radius 2 is 2.04 bits per heavy atom. The summed E-state index contributed by atoms with van der Waals surface area (Å²) in [5, 5.41) is 3.12. The number of nitrogens with two attached hydrogens (primary N) is 1. The van der Waals surface area contributed by atoms with Crippen molar-refractivity contribution in [1.82, 2.24) is 5.32 Å². The Bertz CT molecular complexity index is 700. The van der Waals surface area contributed by atoms with Crippen LogP contribution < -0.4 is 15.8 Å². The van der Waals surface area contributed by atoms with Gasteiger partial charge in [-0.05, 0) is 37.0 Å². The van der Waals surface area contributed by atoms with Gasteiger partial charge in [-0.25, -0.2) is 0 Å². The minimum absolute atomic E-state index is 0.335. The molecule has 2 aromatic carbocycles. The Morgan fingerprint density at radius 3 is 2.79 bits per heavy atom. The predicted molar refractivity (Wildman–Crippen MR) is 94.9 cm³/mol. The quantitative estimate of drug-likeness (QED) is 0.823. The first-order valence-electron chi connectivity index (χ1n) is 8.45. The molecule has 1 aliphatic heterocycles. The van der Waals surface area contributed by atoms with Crippen LogP contribution in [0.5, 0.6) is 5.75 Å². The molecule has 24 heavy (non-hydrogen) atoms. The van der Waals surface area contributed by atoms with Gasteiger partial charge in [0.25, 0.3) is 0 Å². The number of benzene rings is 2. The second kappa shape index (κ2) is 7.49. The monoisotopic (exact) mass is 324 g/mol. The zero-order valence-corrected chi connectivity index (χ0v) is 14.0.